The van der Waals surface area contributed by atoms with Gasteiger partial charge in [0, 0.05) is 22.7 Å². The zero-order chi connectivity index (χ0) is 20.9. The van der Waals surface area contributed by atoms with E-state index in [1.807, 2.05) is 41.8 Å². The largest absolute Gasteiger partial charge is 0.497 e. The number of rotatable bonds is 8. The molecule has 2 heterocycles. The summed E-state index contributed by atoms with van der Waals surface area (Å²) in [7, 11) is 1.62. The Morgan fingerprint density at radius 1 is 1.30 bits per heavy atom. The Morgan fingerprint density at radius 3 is 3.00 bits per heavy atom. The van der Waals surface area contributed by atoms with Gasteiger partial charge in [-0.1, -0.05) is 30.0 Å². The first-order valence-corrected chi connectivity index (χ1v) is 11.7. The van der Waals surface area contributed by atoms with Crippen molar-refractivity contribution >= 4 is 29.0 Å². The second-order valence-corrected chi connectivity index (χ2v) is 9.06. The van der Waals surface area contributed by atoms with Crippen molar-refractivity contribution in [3.05, 3.63) is 74.0 Å². The van der Waals surface area contributed by atoms with Crippen LogP contribution in [0.3, 0.4) is 0 Å². The van der Waals surface area contributed by atoms with Gasteiger partial charge in [-0.25, -0.2) is 4.79 Å². The Labute approximate surface area is 183 Å². The maximum absolute atomic E-state index is 12.7. The molecule has 0 radical (unpaired) electrons. The van der Waals surface area contributed by atoms with E-state index in [-0.39, 0.29) is 17.3 Å². The molecule has 30 heavy (non-hydrogen) atoms. The van der Waals surface area contributed by atoms with E-state index in [1.54, 1.807) is 23.0 Å². The number of fused-ring (bicyclic) bond motifs is 1. The van der Waals surface area contributed by atoms with Crippen LogP contribution in [-0.4, -0.2) is 28.3 Å². The molecule has 0 atom stereocenters. The number of benzene rings is 1. The predicted octanol–water partition coefficient (Wildman–Crippen LogP) is 3.26. The van der Waals surface area contributed by atoms with E-state index < -0.39 is 0 Å². The van der Waals surface area contributed by atoms with Crippen LogP contribution in [0.15, 0.2) is 51.6 Å². The van der Waals surface area contributed by atoms with Crippen molar-refractivity contribution in [2.75, 3.05) is 12.9 Å². The minimum absolute atomic E-state index is 0.0841. The Morgan fingerprint density at radius 2 is 2.20 bits per heavy atom. The Hall–Kier alpha value is -2.58. The summed E-state index contributed by atoms with van der Waals surface area (Å²) in [6.45, 7) is 1.00. The summed E-state index contributed by atoms with van der Waals surface area (Å²) >= 11 is 2.99. The summed E-state index contributed by atoms with van der Waals surface area (Å²) in [4.78, 5) is 30.5. The molecule has 1 aliphatic rings. The zero-order valence-electron chi connectivity index (χ0n) is 16.7. The summed E-state index contributed by atoms with van der Waals surface area (Å²) < 4.78 is 7.00. The third-order valence-corrected chi connectivity index (χ3v) is 6.94. The number of hydrogen-bond donors (Lipinski definition) is 1. The first kappa shape index (κ1) is 20.7. The molecule has 0 bridgehead atoms. The van der Waals surface area contributed by atoms with E-state index in [2.05, 4.69) is 10.3 Å². The molecule has 0 aliphatic heterocycles. The standard InChI is InChI=1S/C22H23N3O3S2/c1-28-16-6-2-5-15(11-16)12-23-20(26)14-30-21-18-8-3-9-19(18)25(22(27)24-21)13-17-7-4-10-29-17/h2,4-7,10-11H,3,8-9,12-14H2,1H3,(H,23,26). The Balaban J connectivity index is 1.41. The fourth-order valence-corrected chi connectivity index (χ4v) is 5.19. The SMILES string of the molecule is COc1cccc(CNC(=O)CSc2nc(=O)n(Cc3cccs3)c3c2CCC3)c1. The lowest BCUT2D eigenvalue weighted by molar-refractivity contribution is -0.118. The second kappa shape index (κ2) is 9.49. The number of hydrogen-bond acceptors (Lipinski definition) is 6. The van der Waals surface area contributed by atoms with Crippen LogP contribution >= 0.6 is 23.1 Å². The second-order valence-electron chi connectivity index (χ2n) is 7.06. The number of methoxy groups -OCH3 is 1. The third kappa shape index (κ3) is 4.76. The molecule has 0 spiro atoms. The molecule has 4 rings (SSSR count). The molecule has 1 amide bonds. The zero-order valence-corrected chi connectivity index (χ0v) is 18.4. The fraction of sp³-hybridized carbons (Fsp3) is 0.318. The summed E-state index contributed by atoms with van der Waals surface area (Å²) in [5, 5.41) is 5.64. The molecule has 1 N–H and O–H groups in total. The van der Waals surface area contributed by atoms with Gasteiger partial charge in [0.2, 0.25) is 5.91 Å². The minimum Gasteiger partial charge on any atom is -0.497 e. The molecule has 0 unspecified atom stereocenters. The van der Waals surface area contributed by atoms with Gasteiger partial charge in [0.05, 0.1) is 19.4 Å². The highest BCUT2D eigenvalue weighted by atomic mass is 32.2. The quantitative estimate of drug-likeness (QED) is 0.429. The average Bonchev–Trinajstić information content (AvgIpc) is 3.45. The van der Waals surface area contributed by atoms with Crippen molar-refractivity contribution in [3.8, 4) is 5.75 Å². The third-order valence-electron chi connectivity index (χ3n) is 5.06. The molecule has 0 fully saturated rings. The van der Waals surface area contributed by atoms with Crippen LogP contribution in [-0.2, 0) is 30.7 Å². The minimum atomic E-state index is -0.233. The van der Waals surface area contributed by atoms with Crippen LogP contribution in [0, 0.1) is 0 Å². The number of thiophene rings is 1. The van der Waals surface area contributed by atoms with Crippen molar-refractivity contribution in [2.24, 2.45) is 0 Å². The van der Waals surface area contributed by atoms with Crippen LogP contribution in [0.4, 0.5) is 0 Å². The van der Waals surface area contributed by atoms with Gasteiger partial charge in [0.15, 0.2) is 0 Å². The maximum atomic E-state index is 12.7. The first-order valence-electron chi connectivity index (χ1n) is 9.81. The first-order chi connectivity index (χ1) is 14.6. The number of nitrogens with zero attached hydrogens (tertiary/aromatic N) is 2. The number of carbonyl (C=O) groups excluding carboxylic acids is 1. The van der Waals surface area contributed by atoms with Gasteiger partial charge in [-0.3, -0.25) is 9.36 Å². The van der Waals surface area contributed by atoms with Gasteiger partial charge < -0.3 is 10.1 Å². The van der Waals surface area contributed by atoms with Crippen LogP contribution in [0.5, 0.6) is 5.75 Å². The molecule has 6 nitrogen and oxygen atoms in total. The molecule has 0 saturated heterocycles. The van der Waals surface area contributed by atoms with Gasteiger partial charge in [0.1, 0.15) is 10.8 Å². The molecule has 1 aromatic carbocycles. The highest BCUT2D eigenvalue weighted by molar-refractivity contribution is 7.99. The Bertz CT molecular complexity index is 1090. The lowest BCUT2D eigenvalue weighted by Gasteiger charge is -2.13. The molecule has 1 aliphatic carbocycles. The maximum Gasteiger partial charge on any atom is 0.349 e. The molecular formula is C22H23N3O3S2. The highest BCUT2D eigenvalue weighted by Crippen LogP contribution is 2.29. The van der Waals surface area contributed by atoms with E-state index in [0.29, 0.717) is 18.1 Å². The Kier molecular flexibility index (Phi) is 6.54. The lowest BCUT2D eigenvalue weighted by atomic mass is 10.2. The monoisotopic (exact) mass is 441 g/mol. The van der Waals surface area contributed by atoms with Crippen molar-refractivity contribution in [1.82, 2.24) is 14.9 Å². The van der Waals surface area contributed by atoms with Crippen molar-refractivity contribution < 1.29 is 9.53 Å². The number of thioether (sulfide) groups is 1. The number of amides is 1. The molecule has 0 saturated carbocycles. The van der Waals surface area contributed by atoms with Crippen molar-refractivity contribution in [1.29, 1.82) is 0 Å². The van der Waals surface area contributed by atoms with Crippen molar-refractivity contribution in [3.63, 3.8) is 0 Å². The van der Waals surface area contributed by atoms with Crippen LogP contribution < -0.4 is 15.7 Å². The van der Waals surface area contributed by atoms with Crippen LogP contribution in [0.25, 0.3) is 0 Å². The highest BCUT2D eigenvalue weighted by Gasteiger charge is 2.22. The average molecular weight is 442 g/mol. The number of ether oxygens (including phenoxy) is 1. The number of carbonyl (C=O) groups is 1. The van der Waals surface area contributed by atoms with Gasteiger partial charge in [-0.15, -0.1) is 11.3 Å². The van der Waals surface area contributed by atoms with E-state index >= 15 is 0 Å². The summed E-state index contributed by atoms with van der Waals surface area (Å²) in [5.41, 5.74) is 2.94. The molecular weight excluding hydrogens is 418 g/mol. The van der Waals surface area contributed by atoms with E-state index in [1.165, 1.54) is 11.8 Å². The molecule has 156 valence electrons. The summed E-state index contributed by atoms with van der Waals surface area (Å²) in [6, 6.07) is 11.6. The fourth-order valence-electron chi connectivity index (χ4n) is 3.60. The topological polar surface area (TPSA) is 73.2 Å². The molecule has 3 aromatic rings. The smallest absolute Gasteiger partial charge is 0.349 e. The van der Waals surface area contributed by atoms with Crippen molar-refractivity contribution in [2.45, 2.75) is 37.4 Å². The molecule has 8 heteroatoms. The van der Waals surface area contributed by atoms with Gasteiger partial charge in [-0.2, -0.15) is 4.98 Å². The van der Waals surface area contributed by atoms with E-state index in [4.69, 9.17) is 4.74 Å². The normalized spacial score (nSPS) is 12.6. The van der Waals surface area contributed by atoms with Crippen LogP contribution in [0.2, 0.25) is 0 Å². The van der Waals surface area contributed by atoms with Crippen LogP contribution in [0.1, 0.15) is 28.1 Å². The van der Waals surface area contributed by atoms with Gasteiger partial charge >= 0.3 is 5.69 Å². The van der Waals surface area contributed by atoms with Gasteiger partial charge in [0.25, 0.3) is 0 Å². The van der Waals surface area contributed by atoms with Gasteiger partial charge in [-0.05, 0) is 48.4 Å². The number of aromatic nitrogens is 2. The summed E-state index contributed by atoms with van der Waals surface area (Å²) in [6.07, 6.45) is 2.80. The van der Waals surface area contributed by atoms with E-state index in [9.17, 15) is 9.59 Å². The number of nitrogens with one attached hydrogen (secondary N) is 1. The summed E-state index contributed by atoms with van der Waals surface area (Å²) in [5.74, 6) is 0.913. The lowest BCUT2D eigenvalue weighted by Crippen LogP contribution is -2.28. The van der Waals surface area contributed by atoms with E-state index in [0.717, 1.165) is 46.7 Å². The molecule has 2 aromatic heterocycles. The predicted molar refractivity (Wildman–Crippen MR) is 120 cm³/mol.